The molecule has 0 unspecified atom stereocenters. The second kappa shape index (κ2) is 10.1. The number of hydrogen-bond donors (Lipinski definition) is 1. The zero-order valence-electron chi connectivity index (χ0n) is 19.3. The maximum Gasteiger partial charge on any atom is 0.345 e. The van der Waals surface area contributed by atoms with Crippen LogP contribution in [0.25, 0.3) is 27.8 Å². The number of hydrogen-bond acceptors (Lipinski definition) is 11. The number of benzene rings is 1. The smallest absolute Gasteiger partial charge is 0.345 e. The van der Waals surface area contributed by atoms with Gasteiger partial charge in [0.15, 0.2) is 0 Å². The fourth-order valence-electron chi connectivity index (χ4n) is 3.38. The van der Waals surface area contributed by atoms with Crippen molar-refractivity contribution in [2.24, 2.45) is 0 Å². The van der Waals surface area contributed by atoms with Crippen LogP contribution in [0, 0.1) is 35.3 Å². The number of allylic oxidation sites excluding steroid dienone is 1. The van der Waals surface area contributed by atoms with E-state index in [1.54, 1.807) is 12.3 Å². The summed E-state index contributed by atoms with van der Waals surface area (Å²) in [4.78, 5) is 40.8. The van der Waals surface area contributed by atoms with Crippen molar-refractivity contribution in [3.05, 3.63) is 77.4 Å². The first kappa shape index (κ1) is 24.8. The molecule has 0 amide bonds. The summed E-state index contributed by atoms with van der Waals surface area (Å²) in [6.45, 7) is 5.68. The maximum absolute atomic E-state index is 12.5. The fourth-order valence-corrected chi connectivity index (χ4v) is 5.18. The number of nitrogens with zero attached hydrogens (tertiary/aromatic N) is 3. The summed E-state index contributed by atoms with van der Waals surface area (Å²) in [6, 6.07) is 7.48. The van der Waals surface area contributed by atoms with Gasteiger partial charge in [0, 0.05) is 34.0 Å². The van der Waals surface area contributed by atoms with Gasteiger partial charge in [0.25, 0.3) is 5.69 Å². The van der Waals surface area contributed by atoms with E-state index in [9.17, 15) is 25.0 Å². The number of nitrogens with one attached hydrogen (secondary N) is 1. The van der Waals surface area contributed by atoms with Gasteiger partial charge in [-0.15, -0.1) is 22.7 Å². The molecule has 3 heterocycles. The lowest BCUT2D eigenvalue weighted by atomic mass is 10.1. The summed E-state index contributed by atoms with van der Waals surface area (Å²) >= 11 is 2.51. The standard InChI is InChI=1S/C24H18N4O6S2/c1-4-33-24(30)20-12(2)13(3)36-22(20)26-10-15(9-25)21-27-18(11-35-21)17-8-14-7-16(28(31)32)5-6-19(14)34-23(17)29/h5-8,10-11,26H,4H2,1-3H3. The van der Waals surface area contributed by atoms with Crippen molar-refractivity contribution in [2.45, 2.75) is 20.8 Å². The number of rotatable bonds is 7. The number of thiophene rings is 1. The minimum Gasteiger partial charge on any atom is -0.462 e. The molecule has 0 aliphatic carbocycles. The van der Waals surface area contributed by atoms with Crippen LogP contribution in [0.4, 0.5) is 10.7 Å². The Hall–Kier alpha value is -4.34. The summed E-state index contributed by atoms with van der Waals surface area (Å²) in [6.07, 6.45) is 1.45. The fraction of sp³-hybridized carbons (Fsp3) is 0.167. The molecule has 0 radical (unpaired) electrons. The Bertz CT molecular complexity index is 1640. The molecule has 0 spiro atoms. The largest absolute Gasteiger partial charge is 0.462 e. The van der Waals surface area contributed by atoms with Crippen LogP contribution in [-0.2, 0) is 4.74 Å². The highest BCUT2D eigenvalue weighted by atomic mass is 32.1. The van der Waals surface area contributed by atoms with Crippen molar-refractivity contribution in [3.8, 4) is 17.3 Å². The number of fused-ring (bicyclic) bond motifs is 1. The van der Waals surface area contributed by atoms with Crippen LogP contribution < -0.4 is 10.9 Å². The molecule has 12 heteroatoms. The highest BCUT2D eigenvalue weighted by Crippen LogP contribution is 2.34. The number of nitro benzene ring substituents is 1. The lowest BCUT2D eigenvalue weighted by molar-refractivity contribution is -0.384. The van der Waals surface area contributed by atoms with E-state index in [-0.39, 0.29) is 34.7 Å². The van der Waals surface area contributed by atoms with Crippen LogP contribution in [-0.4, -0.2) is 22.5 Å². The molecule has 4 rings (SSSR count). The van der Waals surface area contributed by atoms with Crippen molar-refractivity contribution < 1.29 is 18.9 Å². The number of esters is 1. The molecule has 1 N–H and O–H groups in total. The predicted molar refractivity (Wildman–Crippen MR) is 137 cm³/mol. The van der Waals surface area contributed by atoms with Gasteiger partial charge in [-0.25, -0.2) is 14.6 Å². The Morgan fingerprint density at radius 3 is 2.83 bits per heavy atom. The normalized spacial score (nSPS) is 11.3. The van der Waals surface area contributed by atoms with E-state index < -0.39 is 16.5 Å². The third kappa shape index (κ3) is 4.74. The molecule has 0 aliphatic rings. The number of carbonyl (C=O) groups excluding carboxylic acids is 1. The predicted octanol–water partition coefficient (Wildman–Crippen LogP) is 5.66. The zero-order valence-corrected chi connectivity index (χ0v) is 20.9. The third-order valence-electron chi connectivity index (χ3n) is 5.27. The molecule has 0 saturated heterocycles. The molecule has 0 aliphatic heterocycles. The number of thiazole rings is 1. The first-order valence-electron chi connectivity index (χ1n) is 10.6. The van der Waals surface area contributed by atoms with E-state index in [2.05, 4.69) is 16.4 Å². The number of ether oxygens (including phenoxy) is 1. The van der Waals surface area contributed by atoms with Crippen molar-refractivity contribution >= 4 is 55.9 Å². The van der Waals surface area contributed by atoms with Crippen LogP contribution in [0.5, 0.6) is 0 Å². The Kier molecular flexibility index (Phi) is 6.96. The molecule has 0 atom stereocenters. The van der Waals surface area contributed by atoms with Crippen LogP contribution in [0.15, 0.2) is 45.1 Å². The van der Waals surface area contributed by atoms with Gasteiger partial charge < -0.3 is 14.5 Å². The molecule has 1 aromatic carbocycles. The van der Waals surface area contributed by atoms with E-state index in [4.69, 9.17) is 9.15 Å². The Morgan fingerprint density at radius 1 is 1.36 bits per heavy atom. The van der Waals surface area contributed by atoms with E-state index in [1.807, 2.05) is 13.8 Å². The molecular weight excluding hydrogens is 504 g/mol. The van der Waals surface area contributed by atoms with E-state index >= 15 is 0 Å². The van der Waals surface area contributed by atoms with Crippen molar-refractivity contribution in [2.75, 3.05) is 11.9 Å². The molecule has 3 aromatic heterocycles. The van der Waals surface area contributed by atoms with Gasteiger partial charge in [0.2, 0.25) is 0 Å². The highest BCUT2D eigenvalue weighted by molar-refractivity contribution is 7.16. The number of carbonyl (C=O) groups is 1. The summed E-state index contributed by atoms with van der Waals surface area (Å²) < 4.78 is 10.5. The molecule has 0 fully saturated rings. The summed E-state index contributed by atoms with van der Waals surface area (Å²) in [5.41, 5.74) is 1.21. The number of nitro groups is 1. The molecule has 0 saturated carbocycles. The first-order chi connectivity index (χ1) is 17.2. The average Bonchev–Trinajstić information content (AvgIpc) is 3.43. The SMILES string of the molecule is CCOC(=O)c1c(NC=C(C#N)c2nc(-c3cc4cc([N+](=O)[O-])ccc4oc3=O)cs2)sc(C)c1C. The second-order valence-electron chi connectivity index (χ2n) is 7.49. The molecule has 36 heavy (non-hydrogen) atoms. The van der Waals surface area contributed by atoms with Crippen molar-refractivity contribution in [3.63, 3.8) is 0 Å². The van der Waals surface area contributed by atoms with Crippen molar-refractivity contribution in [1.82, 2.24) is 4.98 Å². The van der Waals surface area contributed by atoms with Crippen LogP contribution >= 0.6 is 22.7 Å². The number of aryl methyl sites for hydroxylation is 1. The van der Waals surface area contributed by atoms with Gasteiger partial charge in [-0.2, -0.15) is 5.26 Å². The Morgan fingerprint density at radius 2 is 2.14 bits per heavy atom. The average molecular weight is 523 g/mol. The quantitative estimate of drug-likeness (QED) is 0.107. The minimum atomic E-state index is -0.655. The van der Waals surface area contributed by atoms with Gasteiger partial charge >= 0.3 is 11.6 Å². The van der Waals surface area contributed by atoms with Crippen LogP contribution in [0.2, 0.25) is 0 Å². The first-order valence-corrected chi connectivity index (χ1v) is 12.3. The molecule has 0 bridgehead atoms. The highest BCUT2D eigenvalue weighted by Gasteiger charge is 2.21. The second-order valence-corrected chi connectivity index (χ2v) is 9.57. The summed E-state index contributed by atoms with van der Waals surface area (Å²) in [5, 5.41) is 26.7. The third-order valence-corrected chi connectivity index (χ3v) is 7.28. The summed E-state index contributed by atoms with van der Waals surface area (Å²) in [5.74, 6) is -0.450. The van der Waals surface area contributed by atoms with Crippen LogP contribution in [0.1, 0.15) is 32.7 Å². The number of nitriles is 1. The van der Waals surface area contributed by atoms with E-state index in [0.29, 0.717) is 21.0 Å². The van der Waals surface area contributed by atoms with E-state index in [0.717, 1.165) is 21.8 Å². The molecule has 182 valence electrons. The van der Waals surface area contributed by atoms with Gasteiger partial charge in [-0.1, -0.05) is 0 Å². The van der Waals surface area contributed by atoms with Gasteiger partial charge in [0.05, 0.1) is 28.4 Å². The molecule has 10 nitrogen and oxygen atoms in total. The Labute approximate surface area is 212 Å². The van der Waals surface area contributed by atoms with Gasteiger partial charge in [-0.3, -0.25) is 10.1 Å². The van der Waals surface area contributed by atoms with Gasteiger partial charge in [0.1, 0.15) is 27.2 Å². The lowest BCUT2D eigenvalue weighted by Crippen LogP contribution is -2.07. The van der Waals surface area contributed by atoms with Crippen LogP contribution in [0.3, 0.4) is 0 Å². The molecular formula is C24H18N4O6S2. The monoisotopic (exact) mass is 522 g/mol. The lowest BCUT2D eigenvalue weighted by Gasteiger charge is -2.05. The summed E-state index contributed by atoms with van der Waals surface area (Å²) in [7, 11) is 0. The topological polar surface area (TPSA) is 148 Å². The zero-order chi connectivity index (χ0) is 26.0. The Balaban J connectivity index is 1.67. The van der Waals surface area contributed by atoms with Gasteiger partial charge in [-0.05, 0) is 38.5 Å². The van der Waals surface area contributed by atoms with E-state index in [1.165, 1.54) is 41.8 Å². The minimum absolute atomic E-state index is 0.116. The number of anilines is 1. The maximum atomic E-state index is 12.5. The molecule has 4 aromatic rings. The number of non-ortho nitro benzene ring substituents is 1. The van der Waals surface area contributed by atoms with Crippen molar-refractivity contribution in [1.29, 1.82) is 5.26 Å². The number of aromatic nitrogens is 1.